The van der Waals surface area contributed by atoms with E-state index in [4.69, 9.17) is 16.0 Å². The van der Waals surface area contributed by atoms with Crippen LogP contribution in [0.15, 0.2) is 53.1 Å². The van der Waals surface area contributed by atoms with Crippen molar-refractivity contribution in [2.24, 2.45) is 0 Å². The molecule has 3 rings (SSSR count). The summed E-state index contributed by atoms with van der Waals surface area (Å²) in [5, 5.41) is 7.78. The van der Waals surface area contributed by atoms with Gasteiger partial charge in [0.2, 0.25) is 5.91 Å². The molecule has 0 spiro atoms. The highest BCUT2D eigenvalue weighted by Crippen LogP contribution is 2.21. The number of rotatable bonds is 7. The predicted molar refractivity (Wildman–Crippen MR) is 104 cm³/mol. The van der Waals surface area contributed by atoms with Crippen molar-refractivity contribution >= 4 is 34.2 Å². The number of carbonyl (C=O) groups is 2. The number of amides is 2. The van der Waals surface area contributed by atoms with E-state index in [9.17, 15) is 9.59 Å². The fourth-order valence-corrected chi connectivity index (χ4v) is 2.84. The van der Waals surface area contributed by atoms with E-state index in [2.05, 4.69) is 15.6 Å². The minimum atomic E-state index is -0.434. The zero-order valence-electron chi connectivity index (χ0n) is 14.9. The third-order valence-corrected chi connectivity index (χ3v) is 4.44. The lowest BCUT2D eigenvalue weighted by Gasteiger charge is -2.19. The number of nitrogens with one attached hydrogen (secondary N) is 2. The van der Waals surface area contributed by atoms with Crippen LogP contribution in [-0.2, 0) is 11.2 Å². The molecule has 1 unspecified atom stereocenters. The van der Waals surface area contributed by atoms with E-state index >= 15 is 0 Å². The van der Waals surface area contributed by atoms with E-state index in [-0.39, 0.29) is 29.9 Å². The fourth-order valence-electron chi connectivity index (χ4n) is 2.75. The van der Waals surface area contributed by atoms with Gasteiger partial charge in [0.05, 0.1) is 6.04 Å². The molecule has 6 nitrogen and oxygen atoms in total. The summed E-state index contributed by atoms with van der Waals surface area (Å²) in [4.78, 5) is 28.3. The standard InChI is InChI=1S/C20H20ClN3O3/c1-2-19-23-17(12-27-19)20(26)24-16(11-22-18(25)10-21)15-8-7-13-5-3-4-6-14(13)9-15/h3-9,12,16H,2,10-11H2,1H3,(H,22,25)(H,24,26). The first-order valence-electron chi connectivity index (χ1n) is 8.67. The average molecular weight is 386 g/mol. The quantitative estimate of drug-likeness (QED) is 0.611. The van der Waals surface area contributed by atoms with Crippen LogP contribution in [0.3, 0.4) is 0 Å². The van der Waals surface area contributed by atoms with E-state index < -0.39 is 6.04 Å². The van der Waals surface area contributed by atoms with Gasteiger partial charge in [0, 0.05) is 13.0 Å². The van der Waals surface area contributed by atoms with Crippen molar-refractivity contribution in [3.05, 3.63) is 65.9 Å². The van der Waals surface area contributed by atoms with E-state index in [1.54, 1.807) is 0 Å². The third-order valence-electron chi connectivity index (χ3n) is 4.19. The number of aryl methyl sites for hydroxylation is 1. The molecule has 140 valence electrons. The predicted octanol–water partition coefficient (Wildman–Crippen LogP) is 3.22. The zero-order chi connectivity index (χ0) is 19.2. The molecule has 0 radical (unpaired) electrons. The Morgan fingerprint density at radius 3 is 2.67 bits per heavy atom. The van der Waals surface area contributed by atoms with Crippen molar-refractivity contribution < 1.29 is 14.0 Å². The van der Waals surface area contributed by atoms with Crippen molar-refractivity contribution in [2.75, 3.05) is 12.4 Å². The first-order valence-corrected chi connectivity index (χ1v) is 9.20. The van der Waals surface area contributed by atoms with Crippen LogP contribution in [0.4, 0.5) is 0 Å². The van der Waals surface area contributed by atoms with Crippen LogP contribution in [-0.4, -0.2) is 29.2 Å². The molecule has 0 bridgehead atoms. The number of hydrogen-bond donors (Lipinski definition) is 2. The minimum absolute atomic E-state index is 0.137. The summed E-state index contributed by atoms with van der Waals surface area (Å²) in [7, 11) is 0. The summed E-state index contributed by atoms with van der Waals surface area (Å²) < 4.78 is 5.24. The van der Waals surface area contributed by atoms with Crippen LogP contribution < -0.4 is 10.6 Å². The Balaban J connectivity index is 1.84. The molecule has 7 heteroatoms. The van der Waals surface area contributed by atoms with Gasteiger partial charge in [-0.3, -0.25) is 9.59 Å². The minimum Gasteiger partial charge on any atom is -0.448 e. The number of halogens is 1. The van der Waals surface area contributed by atoms with E-state index in [0.717, 1.165) is 16.3 Å². The molecule has 1 heterocycles. The van der Waals surface area contributed by atoms with E-state index in [1.165, 1.54) is 6.26 Å². The Kier molecular flexibility index (Phi) is 6.08. The van der Waals surface area contributed by atoms with E-state index in [0.29, 0.717) is 12.3 Å². The lowest BCUT2D eigenvalue weighted by Crippen LogP contribution is -2.38. The molecule has 1 aromatic heterocycles. The maximum absolute atomic E-state index is 12.6. The number of oxazole rings is 1. The van der Waals surface area contributed by atoms with Crippen molar-refractivity contribution in [3.63, 3.8) is 0 Å². The first-order chi connectivity index (χ1) is 13.1. The summed E-state index contributed by atoms with van der Waals surface area (Å²) >= 11 is 5.56. The second-order valence-electron chi connectivity index (χ2n) is 6.05. The summed E-state index contributed by atoms with van der Waals surface area (Å²) in [6.45, 7) is 2.11. The number of nitrogens with zero attached hydrogens (tertiary/aromatic N) is 1. The van der Waals surface area contributed by atoms with Crippen LogP contribution in [0.25, 0.3) is 10.8 Å². The molecule has 0 fully saturated rings. The lowest BCUT2D eigenvalue weighted by atomic mass is 10.0. The maximum Gasteiger partial charge on any atom is 0.273 e. The highest BCUT2D eigenvalue weighted by Gasteiger charge is 2.19. The van der Waals surface area contributed by atoms with Crippen LogP contribution in [0.5, 0.6) is 0 Å². The normalized spacial score (nSPS) is 11.9. The Labute approximate surface area is 161 Å². The summed E-state index contributed by atoms with van der Waals surface area (Å²) in [6.07, 6.45) is 1.94. The van der Waals surface area contributed by atoms with Crippen molar-refractivity contribution in [2.45, 2.75) is 19.4 Å². The molecule has 27 heavy (non-hydrogen) atoms. The number of hydrogen-bond acceptors (Lipinski definition) is 4. The molecular weight excluding hydrogens is 366 g/mol. The van der Waals surface area contributed by atoms with Gasteiger partial charge in [-0.15, -0.1) is 11.6 Å². The van der Waals surface area contributed by atoms with Crippen LogP contribution in [0.1, 0.15) is 34.9 Å². The van der Waals surface area contributed by atoms with Crippen LogP contribution >= 0.6 is 11.6 Å². The van der Waals surface area contributed by atoms with E-state index in [1.807, 2.05) is 49.4 Å². The summed E-state index contributed by atoms with van der Waals surface area (Å²) in [6, 6.07) is 13.4. The Morgan fingerprint density at radius 2 is 1.96 bits per heavy atom. The van der Waals surface area contributed by atoms with Crippen LogP contribution in [0.2, 0.25) is 0 Å². The van der Waals surface area contributed by atoms with Gasteiger partial charge in [-0.2, -0.15) is 0 Å². The highest BCUT2D eigenvalue weighted by atomic mass is 35.5. The Morgan fingerprint density at radius 1 is 1.19 bits per heavy atom. The Bertz CT molecular complexity index is 954. The monoisotopic (exact) mass is 385 g/mol. The molecule has 1 atom stereocenters. The average Bonchev–Trinajstić information content (AvgIpc) is 3.19. The van der Waals surface area contributed by atoms with Crippen LogP contribution in [0, 0.1) is 0 Å². The molecule has 2 amide bonds. The number of benzene rings is 2. The van der Waals surface area contributed by atoms with Crippen molar-refractivity contribution in [1.82, 2.24) is 15.6 Å². The van der Waals surface area contributed by atoms with Gasteiger partial charge >= 0.3 is 0 Å². The molecule has 3 aromatic rings. The largest absolute Gasteiger partial charge is 0.448 e. The SMILES string of the molecule is CCc1nc(C(=O)NC(CNC(=O)CCl)c2ccc3ccccc3c2)co1. The summed E-state index contributed by atoms with van der Waals surface area (Å²) in [5.74, 6) is -0.303. The van der Waals surface area contributed by atoms with Crippen molar-refractivity contribution in [1.29, 1.82) is 0 Å². The molecule has 0 saturated heterocycles. The van der Waals surface area contributed by atoms with Gasteiger partial charge in [0.1, 0.15) is 12.1 Å². The fraction of sp³-hybridized carbons (Fsp3) is 0.250. The number of fused-ring (bicyclic) bond motifs is 1. The molecule has 0 saturated carbocycles. The number of alkyl halides is 1. The maximum atomic E-state index is 12.6. The van der Waals surface area contributed by atoms with Gasteiger partial charge in [-0.05, 0) is 22.4 Å². The van der Waals surface area contributed by atoms with Gasteiger partial charge < -0.3 is 15.1 Å². The van der Waals surface area contributed by atoms with Gasteiger partial charge in [0.15, 0.2) is 11.6 Å². The lowest BCUT2D eigenvalue weighted by molar-refractivity contribution is -0.118. The number of aromatic nitrogens is 1. The summed E-state index contributed by atoms with van der Waals surface area (Å²) in [5.41, 5.74) is 1.08. The molecular formula is C20H20ClN3O3. The van der Waals surface area contributed by atoms with Gasteiger partial charge in [-0.25, -0.2) is 4.98 Å². The molecule has 0 aliphatic heterocycles. The second-order valence-corrected chi connectivity index (χ2v) is 6.32. The zero-order valence-corrected chi connectivity index (χ0v) is 15.6. The highest BCUT2D eigenvalue weighted by molar-refractivity contribution is 6.27. The van der Waals surface area contributed by atoms with Gasteiger partial charge in [0.25, 0.3) is 5.91 Å². The second kappa shape index (κ2) is 8.68. The molecule has 2 N–H and O–H groups in total. The molecule has 2 aromatic carbocycles. The molecule has 0 aliphatic carbocycles. The molecule has 0 aliphatic rings. The Hall–Kier alpha value is -2.86. The smallest absolute Gasteiger partial charge is 0.273 e. The van der Waals surface area contributed by atoms with Gasteiger partial charge in [-0.1, -0.05) is 43.3 Å². The topological polar surface area (TPSA) is 84.2 Å². The third kappa shape index (κ3) is 4.65. The van der Waals surface area contributed by atoms with Crippen molar-refractivity contribution in [3.8, 4) is 0 Å². The first kappa shape index (κ1) is 18.9. The number of carbonyl (C=O) groups excluding carboxylic acids is 2.